The molecule has 16 heavy (non-hydrogen) atoms. The van der Waals surface area contributed by atoms with Crippen LogP contribution >= 0.6 is 11.6 Å². The van der Waals surface area contributed by atoms with E-state index >= 15 is 0 Å². The second-order valence-electron chi connectivity index (χ2n) is 4.01. The molecule has 4 nitrogen and oxygen atoms in total. The van der Waals surface area contributed by atoms with E-state index in [1.807, 2.05) is 6.07 Å². The molecule has 88 valence electrons. The number of hydrogen-bond donors (Lipinski definition) is 1. The molecular formula is C11H16ClN3O. The number of ether oxygens (including phenoxy) is 1. The van der Waals surface area contributed by atoms with Crippen molar-refractivity contribution < 1.29 is 4.74 Å². The lowest BCUT2D eigenvalue weighted by Gasteiger charge is -2.22. The normalized spacial score (nSPS) is 20.9. The molecule has 0 unspecified atom stereocenters. The Kier molecular flexibility index (Phi) is 4.51. The average molecular weight is 242 g/mol. The Balaban J connectivity index is 1.69. The van der Waals surface area contributed by atoms with Crippen LogP contribution < -0.4 is 5.32 Å². The third-order valence-electron chi connectivity index (χ3n) is 2.67. The highest BCUT2D eigenvalue weighted by atomic mass is 35.5. The number of nitrogens with one attached hydrogen (secondary N) is 1. The van der Waals surface area contributed by atoms with Crippen molar-refractivity contribution >= 4 is 11.6 Å². The van der Waals surface area contributed by atoms with E-state index in [4.69, 9.17) is 16.3 Å². The summed E-state index contributed by atoms with van der Waals surface area (Å²) in [5.74, 6) is 0. The van der Waals surface area contributed by atoms with Gasteiger partial charge in [-0.05, 0) is 31.5 Å². The van der Waals surface area contributed by atoms with Crippen molar-refractivity contribution in [2.45, 2.75) is 31.9 Å². The second-order valence-corrected chi connectivity index (χ2v) is 4.40. The molecule has 0 amide bonds. The minimum Gasteiger partial charge on any atom is -0.373 e. The van der Waals surface area contributed by atoms with Crippen LogP contribution in [0.3, 0.4) is 0 Å². The first-order valence-electron chi connectivity index (χ1n) is 5.64. The SMILES string of the molecule is Clc1ccc(COC[C@H]2CCCCN2)nn1. The summed E-state index contributed by atoms with van der Waals surface area (Å²) < 4.78 is 5.59. The van der Waals surface area contributed by atoms with Gasteiger partial charge in [-0.15, -0.1) is 5.10 Å². The molecule has 2 rings (SSSR count). The Hall–Kier alpha value is -0.710. The maximum absolute atomic E-state index is 5.64. The molecule has 1 aromatic rings. The summed E-state index contributed by atoms with van der Waals surface area (Å²) in [6.07, 6.45) is 3.77. The minimum absolute atomic E-state index is 0.415. The van der Waals surface area contributed by atoms with E-state index in [9.17, 15) is 0 Å². The van der Waals surface area contributed by atoms with E-state index in [0.717, 1.165) is 18.8 Å². The fourth-order valence-corrected chi connectivity index (χ4v) is 1.89. The van der Waals surface area contributed by atoms with E-state index in [2.05, 4.69) is 15.5 Å². The van der Waals surface area contributed by atoms with E-state index in [1.165, 1.54) is 19.3 Å². The molecule has 0 spiro atoms. The average Bonchev–Trinajstić information content (AvgIpc) is 2.33. The summed E-state index contributed by atoms with van der Waals surface area (Å²) in [5, 5.41) is 11.5. The highest BCUT2D eigenvalue weighted by molar-refractivity contribution is 6.29. The zero-order valence-electron chi connectivity index (χ0n) is 9.16. The molecule has 1 aliphatic rings. The van der Waals surface area contributed by atoms with Crippen molar-refractivity contribution in [3.05, 3.63) is 23.0 Å². The monoisotopic (exact) mass is 241 g/mol. The largest absolute Gasteiger partial charge is 0.373 e. The topological polar surface area (TPSA) is 47.0 Å². The summed E-state index contributed by atoms with van der Waals surface area (Å²) in [6, 6.07) is 4.06. The number of hydrogen-bond acceptors (Lipinski definition) is 4. The molecular weight excluding hydrogens is 226 g/mol. The Morgan fingerprint density at radius 1 is 1.38 bits per heavy atom. The second kappa shape index (κ2) is 6.13. The van der Waals surface area contributed by atoms with Crippen molar-refractivity contribution in [1.82, 2.24) is 15.5 Å². The molecule has 0 saturated carbocycles. The fraction of sp³-hybridized carbons (Fsp3) is 0.636. The fourth-order valence-electron chi connectivity index (χ4n) is 1.79. The van der Waals surface area contributed by atoms with Gasteiger partial charge < -0.3 is 10.1 Å². The van der Waals surface area contributed by atoms with Gasteiger partial charge in [0.25, 0.3) is 0 Å². The maximum Gasteiger partial charge on any atom is 0.151 e. The lowest BCUT2D eigenvalue weighted by Crippen LogP contribution is -2.37. The zero-order valence-corrected chi connectivity index (χ0v) is 9.91. The summed E-state index contributed by atoms with van der Waals surface area (Å²) in [7, 11) is 0. The standard InChI is InChI=1S/C11H16ClN3O/c12-11-5-4-10(14-15-11)8-16-7-9-3-1-2-6-13-9/h4-5,9,13H,1-3,6-8H2/t9-/m1/s1. The van der Waals surface area contributed by atoms with Crippen LogP contribution in [0, 0.1) is 0 Å². The van der Waals surface area contributed by atoms with Crippen LogP contribution in [0.1, 0.15) is 25.0 Å². The van der Waals surface area contributed by atoms with Crippen molar-refractivity contribution in [2.75, 3.05) is 13.2 Å². The quantitative estimate of drug-likeness (QED) is 0.873. The third kappa shape index (κ3) is 3.70. The third-order valence-corrected chi connectivity index (χ3v) is 2.87. The predicted octanol–water partition coefficient (Wildman–Crippen LogP) is 1.79. The van der Waals surface area contributed by atoms with Crippen LogP contribution in [-0.4, -0.2) is 29.4 Å². The molecule has 1 saturated heterocycles. The highest BCUT2D eigenvalue weighted by Gasteiger charge is 2.12. The van der Waals surface area contributed by atoms with Gasteiger partial charge in [0.05, 0.1) is 18.9 Å². The van der Waals surface area contributed by atoms with Crippen LogP contribution in [-0.2, 0) is 11.3 Å². The molecule has 1 atom stereocenters. The van der Waals surface area contributed by atoms with Crippen molar-refractivity contribution in [3.63, 3.8) is 0 Å². The first kappa shape index (κ1) is 11.8. The molecule has 2 heterocycles. The van der Waals surface area contributed by atoms with Gasteiger partial charge in [0.1, 0.15) is 0 Å². The van der Waals surface area contributed by atoms with Crippen LogP contribution in [0.25, 0.3) is 0 Å². The van der Waals surface area contributed by atoms with Crippen LogP contribution in [0.2, 0.25) is 5.15 Å². The number of nitrogens with zero attached hydrogens (tertiary/aromatic N) is 2. The van der Waals surface area contributed by atoms with Gasteiger partial charge in [-0.2, -0.15) is 5.10 Å². The lowest BCUT2D eigenvalue weighted by atomic mass is 10.1. The van der Waals surface area contributed by atoms with Crippen molar-refractivity contribution in [2.24, 2.45) is 0 Å². The van der Waals surface area contributed by atoms with E-state index in [1.54, 1.807) is 6.07 Å². The highest BCUT2D eigenvalue weighted by Crippen LogP contribution is 2.08. The minimum atomic E-state index is 0.415. The lowest BCUT2D eigenvalue weighted by molar-refractivity contribution is 0.0886. The van der Waals surface area contributed by atoms with Gasteiger partial charge in [0, 0.05) is 6.04 Å². The van der Waals surface area contributed by atoms with Crippen LogP contribution in [0.5, 0.6) is 0 Å². The smallest absolute Gasteiger partial charge is 0.151 e. The van der Waals surface area contributed by atoms with Crippen molar-refractivity contribution in [3.8, 4) is 0 Å². The summed E-state index contributed by atoms with van der Waals surface area (Å²) in [6.45, 7) is 2.35. The molecule has 1 aliphatic heterocycles. The number of aromatic nitrogens is 2. The van der Waals surface area contributed by atoms with Gasteiger partial charge >= 0.3 is 0 Å². The Morgan fingerprint density at radius 2 is 2.31 bits per heavy atom. The molecule has 1 fully saturated rings. The molecule has 0 bridgehead atoms. The number of piperidine rings is 1. The molecule has 0 aromatic carbocycles. The van der Waals surface area contributed by atoms with Gasteiger partial charge in [-0.3, -0.25) is 0 Å². The first-order chi connectivity index (χ1) is 7.84. The van der Waals surface area contributed by atoms with E-state index < -0.39 is 0 Å². The Bertz CT molecular complexity index is 312. The molecule has 0 radical (unpaired) electrons. The molecule has 5 heteroatoms. The van der Waals surface area contributed by atoms with Crippen LogP contribution in [0.4, 0.5) is 0 Å². The summed E-state index contributed by atoms with van der Waals surface area (Å²) in [4.78, 5) is 0. The Morgan fingerprint density at radius 3 is 3.00 bits per heavy atom. The molecule has 1 aromatic heterocycles. The molecule has 0 aliphatic carbocycles. The molecule has 1 N–H and O–H groups in total. The summed E-state index contributed by atoms with van der Waals surface area (Å²) in [5.41, 5.74) is 0.820. The van der Waals surface area contributed by atoms with Gasteiger partial charge in [-0.1, -0.05) is 18.0 Å². The van der Waals surface area contributed by atoms with Gasteiger partial charge in [0.15, 0.2) is 5.15 Å². The van der Waals surface area contributed by atoms with E-state index in [-0.39, 0.29) is 0 Å². The maximum atomic E-state index is 5.64. The number of halogens is 1. The number of rotatable bonds is 4. The van der Waals surface area contributed by atoms with Gasteiger partial charge in [-0.25, -0.2) is 0 Å². The van der Waals surface area contributed by atoms with Gasteiger partial charge in [0.2, 0.25) is 0 Å². The van der Waals surface area contributed by atoms with E-state index in [0.29, 0.717) is 17.8 Å². The first-order valence-corrected chi connectivity index (χ1v) is 6.01. The predicted molar refractivity (Wildman–Crippen MR) is 62.3 cm³/mol. The zero-order chi connectivity index (χ0) is 11.2. The van der Waals surface area contributed by atoms with Crippen molar-refractivity contribution in [1.29, 1.82) is 0 Å². The summed E-state index contributed by atoms with van der Waals surface area (Å²) >= 11 is 5.64. The van der Waals surface area contributed by atoms with Crippen LogP contribution in [0.15, 0.2) is 12.1 Å². The Labute approximate surface area is 100 Å².